The highest BCUT2D eigenvalue weighted by Crippen LogP contribution is 2.35. The van der Waals surface area contributed by atoms with Gasteiger partial charge in [0, 0.05) is 43.6 Å². The van der Waals surface area contributed by atoms with E-state index in [0.29, 0.717) is 24.5 Å². The van der Waals surface area contributed by atoms with Crippen molar-refractivity contribution in [1.29, 1.82) is 5.26 Å². The van der Waals surface area contributed by atoms with E-state index < -0.39 is 23.1 Å². The molecule has 0 aliphatic carbocycles. The predicted octanol–water partition coefficient (Wildman–Crippen LogP) is 4.87. The van der Waals surface area contributed by atoms with Gasteiger partial charge in [-0.25, -0.2) is 9.18 Å². The normalized spacial score (nSPS) is 19.2. The van der Waals surface area contributed by atoms with Crippen molar-refractivity contribution in [1.82, 2.24) is 4.90 Å². The van der Waals surface area contributed by atoms with E-state index in [2.05, 4.69) is 0 Å². The highest BCUT2D eigenvalue weighted by atomic mass is 19.4. The van der Waals surface area contributed by atoms with Crippen LogP contribution in [0, 0.1) is 17.1 Å². The Hall–Kier alpha value is -3.28. The molecule has 2 atom stereocenters. The second-order valence-corrected chi connectivity index (χ2v) is 7.66. The molecule has 2 unspecified atom stereocenters. The molecule has 0 spiro atoms. The minimum atomic E-state index is -4.63. The van der Waals surface area contributed by atoms with E-state index in [9.17, 15) is 22.4 Å². The summed E-state index contributed by atoms with van der Waals surface area (Å²) in [5.41, 5.74) is -0.506. The van der Waals surface area contributed by atoms with Crippen LogP contribution < -0.4 is 9.80 Å². The van der Waals surface area contributed by atoms with Crippen molar-refractivity contribution in [2.45, 2.75) is 32.1 Å². The second kappa shape index (κ2) is 8.46. The Balaban J connectivity index is 1.81. The molecule has 164 valence electrons. The van der Waals surface area contributed by atoms with Crippen LogP contribution in [0.4, 0.5) is 33.7 Å². The summed E-state index contributed by atoms with van der Waals surface area (Å²) in [6.45, 7) is 4.28. The SMILES string of the molecule is CC1CN(c2ccc(C#N)c(C(F)(F)F)c2)C(C)CN1C(=O)N(C)c1ccc(F)cc1. The number of anilines is 2. The molecular formula is C22H22F4N4O. The third kappa shape index (κ3) is 4.58. The first kappa shape index (κ1) is 22.4. The van der Waals surface area contributed by atoms with E-state index in [1.165, 1.54) is 41.3 Å². The molecule has 2 amide bonds. The molecule has 9 heteroatoms. The molecule has 1 saturated heterocycles. The summed E-state index contributed by atoms with van der Waals surface area (Å²) in [6.07, 6.45) is -4.63. The van der Waals surface area contributed by atoms with E-state index in [-0.39, 0.29) is 18.1 Å². The number of hydrogen-bond acceptors (Lipinski definition) is 3. The number of alkyl halides is 3. The van der Waals surface area contributed by atoms with Crippen LogP contribution in [-0.4, -0.2) is 43.2 Å². The first-order chi connectivity index (χ1) is 14.5. The van der Waals surface area contributed by atoms with E-state index in [4.69, 9.17) is 5.26 Å². The van der Waals surface area contributed by atoms with Crippen molar-refractivity contribution in [2.24, 2.45) is 0 Å². The molecule has 5 nitrogen and oxygen atoms in total. The van der Waals surface area contributed by atoms with E-state index in [1.807, 2.05) is 18.7 Å². The second-order valence-electron chi connectivity index (χ2n) is 7.66. The molecular weight excluding hydrogens is 412 g/mol. The first-order valence-electron chi connectivity index (χ1n) is 9.70. The van der Waals surface area contributed by atoms with E-state index >= 15 is 0 Å². The molecule has 0 bridgehead atoms. The summed E-state index contributed by atoms with van der Waals surface area (Å²) in [5.74, 6) is -0.402. The van der Waals surface area contributed by atoms with Gasteiger partial charge in [-0.2, -0.15) is 18.4 Å². The quantitative estimate of drug-likeness (QED) is 0.634. The molecule has 0 radical (unpaired) electrons. The standard InChI is InChI=1S/C22H22F4N4O/c1-14-13-30(21(31)28(3)18-8-5-17(23)6-9-18)15(2)12-29(14)19-7-4-16(11-27)20(10-19)22(24,25)26/h4-10,14-15H,12-13H2,1-3H3. The third-order valence-electron chi connectivity index (χ3n) is 5.49. The van der Waals surface area contributed by atoms with Crippen LogP contribution in [0.5, 0.6) is 0 Å². The molecule has 0 aromatic heterocycles. The minimum Gasteiger partial charge on any atom is -0.365 e. The third-order valence-corrected chi connectivity index (χ3v) is 5.49. The number of halogens is 4. The van der Waals surface area contributed by atoms with Crippen LogP contribution >= 0.6 is 0 Å². The number of nitriles is 1. The van der Waals surface area contributed by atoms with Gasteiger partial charge in [-0.05, 0) is 56.3 Å². The molecule has 1 aliphatic rings. The smallest absolute Gasteiger partial charge is 0.365 e. The Morgan fingerprint density at radius 1 is 1.10 bits per heavy atom. The number of hydrogen-bond donors (Lipinski definition) is 0. The first-order valence-corrected chi connectivity index (χ1v) is 9.70. The average Bonchev–Trinajstić information content (AvgIpc) is 2.73. The fourth-order valence-electron chi connectivity index (χ4n) is 3.76. The van der Waals surface area contributed by atoms with Crippen LogP contribution in [0.25, 0.3) is 0 Å². The summed E-state index contributed by atoms with van der Waals surface area (Å²) >= 11 is 0. The fourth-order valence-corrected chi connectivity index (χ4v) is 3.76. The van der Waals surface area contributed by atoms with Gasteiger partial charge in [-0.3, -0.25) is 4.90 Å². The van der Waals surface area contributed by atoms with Gasteiger partial charge in [-0.1, -0.05) is 0 Å². The highest BCUT2D eigenvalue weighted by molar-refractivity contribution is 5.91. The van der Waals surface area contributed by atoms with E-state index in [1.54, 1.807) is 18.0 Å². The monoisotopic (exact) mass is 434 g/mol. The van der Waals surface area contributed by atoms with Crippen molar-refractivity contribution in [2.75, 3.05) is 29.9 Å². The average molecular weight is 434 g/mol. The number of carbonyl (C=O) groups excluding carboxylic acids is 1. The Bertz CT molecular complexity index is 1000. The number of urea groups is 1. The van der Waals surface area contributed by atoms with Gasteiger partial charge < -0.3 is 9.80 Å². The lowest BCUT2D eigenvalue weighted by Crippen LogP contribution is -2.60. The van der Waals surface area contributed by atoms with Gasteiger partial charge in [0.1, 0.15) is 5.82 Å². The topological polar surface area (TPSA) is 50.6 Å². The van der Waals surface area contributed by atoms with Gasteiger partial charge in [0.05, 0.1) is 17.2 Å². The molecule has 0 N–H and O–H groups in total. The maximum Gasteiger partial charge on any atom is 0.417 e. The Morgan fingerprint density at radius 3 is 2.32 bits per heavy atom. The number of piperazine rings is 1. The number of nitrogens with zero attached hydrogens (tertiary/aromatic N) is 4. The molecule has 1 heterocycles. The van der Waals surface area contributed by atoms with Crippen LogP contribution in [0.15, 0.2) is 42.5 Å². The maximum atomic E-state index is 13.3. The summed E-state index contributed by atoms with van der Waals surface area (Å²) in [4.78, 5) is 17.9. The van der Waals surface area contributed by atoms with Crippen molar-refractivity contribution in [3.63, 3.8) is 0 Å². The minimum absolute atomic E-state index is 0.254. The lowest BCUT2D eigenvalue weighted by atomic mass is 10.0. The maximum absolute atomic E-state index is 13.3. The molecule has 0 saturated carbocycles. The number of carbonyl (C=O) groups is 1. The van der Waals surface area contributed by atoms with Crippen molar-refractivity contribution >= 4 is 17.4 Å². The van der Waals surface area contributed by atoms with Gasteiger partial charge in [0.15, 0.2) is 0 Å². The molecule has 1 fully saturated rings. The molecule has 1 aliphatic heterocycles. The number of amides is 2. The van der Waals surface area contributed by atoms with Crippen LogP contribution in [0.3, 0.4) is 0 Å². The molecule has 2 aromatic rings. The lowest BCUT2D eigenvalue weighted by Gasteiger charge is -2.46. The lowest BCUT2D eigenvalue weighted by molar-refractivity contribution is -0.137. The zero-order chi connectivity index (χ0) is 22.9. The molecule has 3 rings (SSSR count). The highest BCUT2D eigenvalue weighted by Gasteiger charge is 2.37. The largest absolute Gasteiger partial charge is 0.417 e. The summed E-state index contributed by atoms with van der Waals surface area (Å²) in [5, 5.41) is 9.00. The molecule has 31 heavy (non-hydrogen) atoms. The van der Waals surface area contributed by atoms with Crippen LogP contribution in [0.2, 0.25) is 0 Å². The van der Waals surface area contributed by atoms with Gasteiger partial charge in [0.2, 0.25) is 0 Å². The summed E-state index contributed by atoms with van der Waals surface area (Å²) in [6, 6.07) is 9.99. The summed E-state index contributed by atoms with van der Waals surface area (Å²) < 4.78 is 53.2. The van der Waals surface area contributed by atoms with Crippen molar-refractivity contribution in [3.05, 3.63) is 59.4 Å². The zero-order valence-electron chi connectivity index (χ0n) is 17.3. The Labute approximate surface area is 178 Å². The van der Waals surface area contributed by atoms with Gasteiger partial charge >= 0.3 is 12.2 Å². The zero-order valence-corrected chi connectivity index (χ0v) is 17.3. The van der Waals surface area contributed by atoms with Crippen LogP contribution in [-0.2, 0) is 6.18 Å². The number of rotatable bonds is 2. The Morgan fingerprint density at radius 2 is 1.74 bits per heavy atom. The number of benzene rings is 2. The van der Waals surface area contributed by atoms with Crippen LogP contribution in [0.1, 0.15) is 25.0 Å². The summed E-state index contributed by atoms with van der Waals surface area (Å²) in [7, 11) is 1.59. The van der Waals surface area contributed by atoms with Crippen molar-refractivity contribution < 1.29 is 22.4 Å². The Kier molecular flexibility index (Phi) is 6.11. The van der Waals surface area contributed by atoms with Crippen molar-refractivity contribution in [3.8, 4) is 6.07 Å². The van der Waals surface area contributed by atoms with Gasteiger partial charge in [0.25, 0.3) is 0 Å². The predicted molar refractivity (Wildman–Crippen MR) is 109 cm³/mol. The fraction of sp³-hybridized carbons (Fsp3) is 0.364. The van der Waals surface area contributed by atoms with E-state index in [0.717, 1.165) is 6.07 Å². The van der Waals surface area contributed by atoms with Gasteiger partial charge in [-0.15, -0.1) is 0 Å². The molecule has 2 aromatic carbocycles.